The van der Waals surface area contributed by atoms with Crippen LogP contribution < -0.4 is 4.90 Å². The fraction of sp³-hybridized carbons (Fsp3) is 0. The molecule has 0 fully saturated rings. The monoisotopic (exact) mass is 707 g/mol. The number of nitrogens with zero attached hydrogens (tertiary/aromatic N) is 1. The molecule has 6 heteroatoms. The second-order valence-electron chi connectivity index (χ2n) is 12.0. The minimum absolute atomic E-state index is 0.639. The third-order valence-corrected chi connectivity index (χ3v) is 13.0. The van der Waals surface area contributed by atoms with Gasteiger partial charge in [-0.25, -0.2) is 0 Å². The molecule has 48 heavy (non-hydrogen) atoms. The minimum atomic E-state index is 0.639. The van der Waals surface area contributed by atoms with Crippen LogP contribution in [-0.4, -0.2) is 0 Å². The predicted molar refractivity (Wildman–Crippen MR) is 215 cm³/mol. The van der Waals surface area contributed by atoms with Crippen molar-refractivity contribution in [2.75, 3.05) is 4.90 Å². The molecule has 0 spiro atoms. The first-order valence-corrected chi connectivity index (χ1v) is 18.8. The molecule has 0 N–H and O–H groups in total. The van der Waals surface area contributed by atoms with Gasteiger partial charge in [0.25, 0.3) is 0 Å². The van der Waals surface area contributed by atoms with E-state index >= 15 is 0 Å². The van der Waals surface area contributed by atoms with Crippen LogP contribution in [0.2, 0.25) is 10.0 Å². The maximum absolute atomic E-state index is 6.36. The lowest BCUT2D eigenvalue weighted by Gasteiger charge is -2.26. The highest BCUT2D eigenvalue weighted by molar-refractivity contribution is 7.26. The van der Waals surface area contributed by atoms with Crippen molar-refractivity contribution in [3.05, 3.63) is 150 Å². The lowest BCUT2D eigenvalue weighted by molar-refractivity contribution is 1.30. The molecule has 0 aliphatic heterocycles. The SMILES string of the molecule is Clc1cc(Cl)cc(-c2ccc3sc4cc(N(c5ccc6sc7ccccc7c6c5)c5ccc6sc7ccccc7c6c5)ccc4c3c2)c1. The Balaban J connectivity index is 1.17. The number of thiophene rings is 3. The van der Waals surface area contributed by atoms with Gasteiger partial charge in [0.1, 0.15) is 0 Å². The maximum atomic E-state index is 6.36. The van der Waals surface area contributed by atoms with Crippen LogP contribution >= 0.6 is 57.2 Å². The number of benzene rings is 7. The van der Waals surface area contributed by atoms with Crippen LogP contribution in [0.5, 0.6) is 0 Å². The average molecular weight is 709 g/mol. The second kappa shape index (κ2) is 11.1. The highest BCUT2D eigenvalue weighted by Crippen LogP contribution is 2.45. The Kier molecular flexibility index (Phi) is 6.59. The molecule has 0 atom stereocenters. The van der Waals surface area contributed by atoms with Crippen LogP contribution in [-0.2, 0) is 0 Å². The number of anilines is 3. The highest BCUT2D eigenvalue weighted by atomic mass is 35.5. The molecular weight excluding hydrogens is 686 g/mol. The number of rotatable bonds is 4. The van der Waals surface area contributed by atoms with Gasteiger partial charge in [-0.1, -0.05) is 71.7 Å². The summed E-state index contributed by atoms with van der Waals surface area (Å²) in [5, 5.41) is 8.94. The van der Waals surface area contributed by atoms with E-state index in [4.69, 9.17) is 23.2 Å². The molecule has 1 nitrogen and oxygen atoms in total. The Morgan fingerprint density at radius 2 is 0.792 bits per heavy atom. The van der Waals surface area contributed by atoms with Gasteiger partial charge in [0.05, 0.1) is 0 Å². The molecule has 0 aliphatic rings. The zero-order valence-corrected chi connectivity index (χ0v) is 29.2. The van der Waals surface area contributed by atoms with E-state index in [9.17, 15) is 0 Å². The third-order valence-electron chi connectivity index (χ3n) is 9.15. The lowest BCUT2D eigenvalue weighted by atomic mass is 10.0. The summed E-state index contributed by atoms with van der Waals surface area (Å²) in [6.07, 6.45) is 0. The van der Waals surface area contributed by atoms with Gasteiger partial charge in [-0.05, 0) is 102 Å². The van der Waals surface area contributed by atoms with E-state index in [-0.39, 0.29) is 0 Å². The van der Waals surface area contributed by atoms with Gasteiger partial charge >= 0.3 is 0 Å². The van der Waals surface area contributed by atoms with Crippen molar-refractivity contribution >= 4 is 135 Å². The van der Waals surface area contributed by atoms with Gasteiger partial charge in [0.2, 0.25) is 0 Å². The summed E-state index contributed by atoms with van der Waals surface area (Å²) in [5.74, 6) is 0. The maximum Gasteiger partial charge on any atom is 0.0476 e. The van der Waals surface area contributed by atoms with E-state index in [0.29, 0.717) is 10.0 Å². The summed E-state index contributed by atoms with van der Waals surface area (Å²) in [6, 6.07) is 50.5. The van der Waals surface area contributed by atoms with Crippen molar-refractivity contribution in [1.29, 1.82) is 0 Å². The van der Waals surface area contributed by atoms with Crippen LogP contribution in [0.1, 0.15) is 0 Å². The molecule has 228 valence electrons. The van der Waals surface area contributed by atoms with Crippen molar-refractivity contribution in [2.24, 2.45) is 0 Å². The zero-order valence-electron chi connectivity index (χ0n) is 25.2. The molecule has 3 aromatic heterocycles. The van der Waals surface area contributed by atoms with Crippen molar-refractivity contribution in [3.63, 3.8) is 0 Å². The molecule has 7 aromatic carbocycles. The van der Waals surface area contributed by atoms with Crippen LogP contribution in [0.4, 0.5) is 17.1 Å². The number of fused-ring (bicyclic) bond motifs is 9. The molecule has 0 saturated heterocycles. The van der Waals surface area contributed by atoms with Crippen molar-refractivity contribution in [2.45, 2.75) is 0 Å². The smallest absolute Gasteiger partial charge is 0.0476 e. The van der Waals surface area contributed by atoms with Crippen molar-refractivity contribution < 1.29 is 0 Å². The first-order chi connectivity index (χ1) is 23.6. The molecule has 0 radical (unpaired) electrons. The summed E-state index contributed by atoms with van der Waals surface area (Å²) < 4.78 is 7.73. The number of hydrogen-bond acceptors (Lipinski definition) is 4. The van der Waals surface area contributed by atoms with Crippen LogP contribution in [0, 0.1) is 0 Å². The van der Waals surface area contributed by atoms with E-state index in [1.54, 1.807) is 6.07 Å². The molecule has 10 rings (SSSR count). The Labute approximate surface area is 298 Å². The Morgan fingerprint density at radius 3 is 1.42 bits per heavy atom. The quantitative estimate of drug-likeness (QED) is 0.176. The predicted octanol–water partition coefficient (Wildman–Crippen LogP) is 15.2. The van der Waals surface area contributed by atoms with Crippen molar-refractivity contribution in [3.8, 4) is 11.1 Å². The second-order valence-corrected chi connectivity index (χ2v) is 16.2. The molecule has 3 heterocycles. The Morgan fingerprint density at radius 1 is 0.333 bits per heavy atom. The van der Waals surface area contributed by atoms with Crippen LogP contribution in [0.3, 0.4) is 0 Å². The van der Waals surface area contributed by atoms with E-state index in [0.717, 1.165) is 28.2 Å². The summed E-state index contributed by atoms with van der Waals surface area (Å²) >= 11 is 18.3. The highest BCUT2D eigenvalue weighted by Gasteiger charge is 2.18. The first-order valence-electron chi connectivity index (χ1n) is 15.6. The van der Waals surface area contributed by atoms with Gasteiger partial charge in [-0.3, -0.25) is 0 Å². The number of hydrogen-bond donors (Lipinski definition) is 0. The molecule has 0 unspecified atom stereocenters. The fourth-order valence-electron chi connectivity index (χ4n) is 6.96. The largest absolute Gasteiger partial charge is 0.310 e. The summed E-state index contributed by atoms with van der Waals surface area (Å²) in [7, 11) is 0. The standard InChI is InChI=1S/C42H23Cl2NS3/c43-26-17-25(18-27(44)20-26)24-9-14-39-34(19-24)33-13-10-30(23-42(33)48-39)45(28-11-15-40-35(21-28)31-5-1-3-7-37(31)46-40)29-12-16-41-36(22-29)32-6-2-4-8-38(32)47-41/h1-23H. The lowest BCUT2D eigenvalue weighted by Crippen LogP contribution is -2.09. The zero-order chi connectivity index (χ0) is 31.9. The topological polar surface area (TPSA) is 3.24 Å². The fourth-order valence-corrected chi connectivity index (χ4v) is 10.8. The van der Waals surface area contributed by atoms with Gasteiger partial charge in [-0.2, -0.15) is 0 Å². The van der Waals surface area contributed by atoms with Gasteiger partial charge in [-0.15, -0.1) is 34.0 Å². The summed E-state index contributed by atoms with van der Waals surface area (Å²) in [5.41, 5.74) is 5.54. The van der Waals surface area contributed by atoms with Crippen LogP contribution in [0.25, 0.3) is 71.6 Å². The molecule has 0 bridgehead atoms. The first kappa shape index (κ1) is 28.6. The van der Waals surface area contributed by atoms with Crippen LogP contribution in [0.15, 0.2) is 140 Å². The summed E-state index contributed by atoms with van der Waals surface area (Å²) in [6.45, 7) is 0. The molecule has 0 amide bonds. The van der Waals surface area contributed by atoms with E-state index in [2.05, 4.69) is 126 Å². The van der Waals surface area contributed by atoms with E-state index in [1.165, 1.54) is 60.5 Å². The third kappa shape index (κ3) is 4.63. The average Bonchev–Trinajstić information content (AvgIpc) is 3.78. The number of halogens is 2. The van der Waals surface area contributed by atoms with E-state index < -0.39 is 0 Å². The Hall–Kier alpha value is -4.42. The van der Waals surface area contributed by atoms with Gasteiger partial charge in [0, 0.05) is 87.6 Å². The summed E-state index contributed by atoms with van der Waals surface area (Å²) in [4.78, 5) is 2.42. The molecule has 0 saturated carbocycles. The van der Waals surface area contributed by atoms with E-state index in [1.807, 2.05) is 46.1 Å². The van der Waals surface area contributed by atoms with Gasteiger partial charge in [0.15, 0.2) is 0 Å². The molecular formula is C42H23Cl2NS3. The molecule has 0 aliphatic carbocycles. The van der Waals surface area contributed by atoms with Crippen molar-refractivity contribution in [1.82, 2.24) is 0 Å². The Bertz CT molecular complexity index is 2760. The normalized spacial score (nSPS) is 12.0. The van der Waals surface area contributed by atoms with Gasteiger partial charge < -0.3 is 4.90 Å². The molecule has 10 aromatic rings. The minimum Gasteiger partial charge on any atom is -0.310 e.